The van der Waals surface area contributed by atoms with Crippen LogP contribution in [-0.2, 0) is 15.6 Å². The second-order valence-corrected chi connectivity index (χ2v) is 6.57. The summed E-state index contributed by atoms with van der Waals surface area (Å²) in [7, 11) is -0.876. The highest BCUT2D eigenvalue weighted by molar-refractivity contribution is 7.84. The molecular weight excluding hydrogens is 256 g/mol. The first-order chi connectivity index (χ1) is 8.14. The lowest BCUT2D eigenvalue weighted by Crippen LogP contribution is -2.52. The number of nitrogens with zero attached hydrogens (tertiary/aromatic N) is 1. The van der Waals surface area contributed by atoms with Crippen molar-refractivity contribution in [1.29, 1.82) is 0 Å². The van der Waals surface area contributed by atoms with Gasteiger partial charge in [0.25, 0.3) is 0 Å². The highest BCUT2D eigenvalue weighted by Gasteiger charge is 2.27. The molecule has 1 unspecified atom stereocenters. The van der Waals surface area contributed by atoms with Crippen LogP contribution in [0.4, 0.5) is 4.79 Å². The third kappa shape index (κ3) is 7.26. The van der Waals surface area contributed by atoms with Crippen LogP contribution in [0.2, 0.25) is 0 Å². The first-order valence-corrected chi connectivity index (χ1v) is 7.44. The van der Waals surface area contributed by atoms with E-state index >= 15 is 0 Å². The van der Waals surface area contributed by atoms with E-state index in [2.05, 4.69) is 5.32 Å². The van der Waals surface area contributed by atoms with Crippen molar-refractivity contribution in [3.63, 3.8) is 0 Å². The quantitative estimate of drug-likeness (QED) is 0.698. The summed E-state index contributed by atoms with van der Waals surface area (Å²) in [5.41, 5.74) is -0.559. The zero-order chi connectivity index (χ0) is 14.3. The third-order valence-corrected chi connectivity index (χ3v) is 3.10. The Kier molecular flexibility index (Phi) is 6.90. The number of urea groups is 1. The van der Waals surface area contributed by atoms with E-state index in [0.717, 1.165) is 0 Å². The molecule has 1 atom stereocenters. The summed E-state index contributed by atoms with van der Waals surface area (Å²) in [5.74, 6) is -0.524. The molecule has 0 aliphatic heterocycles. The van der Waals surface area contributed by atoms with Gasteiger partial charge in [-0.05, 0) is 27.2 Å². The summed E-state index contributed by atoms with van der Waals surface area (Å²) >= 11 is 0. The lowest BCUT2D eigenvalue weighted by atomic mass is 10.1. The number of amides is 2. The molecule has 0 saturated heterocycles. The second-order valence-electron chi connectivity index (χ2n) is 5.01. The standard InChI is InChI=1S/C11H22N2O4S/c1-11(2,3)13(8-9(14)15)10(16)12-6-5-7-18(4)17/h5-8H2,1-4H3,(H,12,16)(H,14,15). The highest BCUT2D eigenvalue weighted by atomic mass is 32.2. The number of hydrogen-bond donors (Lipinski definition) is 2. The number of carbonyl (C=O) groups is 2. The number of carbonyl (C=O) groups excluding carboxylic acids is 1. The summed E-state index contributed by atoms with van der Waals surface area (Å²) in [6.07, 6.45) is 2.22. The minimum Gasteiger partial charge on any atom is -0.480 e. The fourth-order valence-electron chi connectivity index (χ4n) is 1.32. The molecule has 0 aromatic heterocycles. The van der Waals surface area contributed by atoms with Gasteiger partial charge in [-0.2, -0.15) is 0 Å². The normalized spacial score (nSPS) is 12.9. The van der Waals surface area contributed by atoms with E-state index in [4.69, 9.17) is 5.11 Å². The van der Waals surface area contributed by atoms with Gasteiger partial charge in [0.15, 0.2) is 0 Å². The zero-order valence-corrected chi connectivity index (χ0v) is 12.2. The van der Waals surface area contributed by atoms with Crippen molar-refractivity contribution in [1.82, 2.24) is 10.2 Å². The Hall–Kier alpha value is -1.11. The molecule has 7 heteroatoms. The van der Waals surface area contributed by atoms with Crippen molar-refractivity contribution < 1.29 is 18.9 Å². The van der Waals surface area contributed by atoms with Crippen molar-refractivity contribution in [2.45, 2.75) is 32.7 Å². The van der Waals surface area contributed by atoms with E-state index in [0.29, 0.717) is 18.7 Å². The Balaban J connectivity index is 4.31. The van der Waals surface area contributed by atoms with Gasteiger partial charge >= 0.3 is 12.0 Å². The minimum absolute atomic E-state index is 0.338. The average Bonchev–Trinajstić information content (AvgIpc) is 2.18. The lowest BCUT2D eigenvalue weighted by molar-refractivity contribution is -0.138. The fraction of sp³-hybridized carbons (Fsp3) is 0.818. The van der Waals surface area contributed by atoms with Crippen molar-refractivity contribution in [3.8, 4) is 0 Å². The summed E-state index contributed by atoms with van der Waals surface area (Å²) in [5, 5.41) is 11.4. The number of carboxylic acids is 1. The molecule has 0 heterocycles. The Morgan fingerprint density at radius 2 is 1.89 bits per heavy atom. The van der Waals surface area contributed by atoms with Crippen LogP contribution in [0.15, 0.2) is 0 Å². The molecule has 0 fully saturated rings. The Morgan fingerprint density at radius 3 is 2.28 bits per heavy atom. The van der Waals surface area contributed by atoms with Crippen LogP contribution in [0, 0.1) is 0 Å². The highest BCUT2D eigenvalue weighted by Crippen LogP contribution is 2.12. The maximum absolute atomic E-state index is 11.8. The van der Waals surface area contributed by atoms with Crippen molar-refractivity contribution in [2.75, 3.05) is 25.1 Å². The monoisotopic (exact) mass is 278 g/mol. The van der Waals surface area contributed by atoms with Crippen LogP contribution in [0.25, 0.3) is 0 Å². The molecular formula is C11H22N2O4S. The number of nitrogens with one attached hydrogen (secondary N) is 1. The zero-order valence-electron chi connectivity index (χ0n) is 11.4. The topological polar surface area (TPSA) is 86.7 Å². The lowest BCUT2D eigenvalue weighted by Gasteiger charge is -2.34. The summed E-state index contributed by atoms with van der Waals surface area (Å²) in [6, 6.07) is -0.410. The SMILES string of the molecule is CS(=O)CCCNC(=O)N(CC(=O)O)C(C)(C)C. The van der Waals surface area contributed by atoms with Crippen LogP contribution >= 0.6 is 0 Å². The minimum atomic E-state index is -1.05. The molecule has 0 aliphatic carbocycles. The first kappa shape index (κ1) is 16.9. The van der Waals surface area contributed by atoms with Gasteiger partial charge in [0.05, 0.1) is 0 Å². The predicted molar refractivity (Wildman–Crippen MR) is 71.0 cm³/mol. The number of rotatable bonds is 6. The Bertz CT molecular complexity index is 325. The second kappa shape index (κ2) is 7.35. The fourth-order valence-corrected chi connectivity index (χ4v) is 1.87. The van der Waals surface area contributed by atoms with E-state index < -0.39 is 28.3 Å². The molecule has 0 saturated carbocycles. The molecule has 0 aromatic carbocycles. The van der Waals surface area contributed by atoms with E-state index in [9.17, 15) is 13.8 Å². The van der Waals surface area contributed by atoms with Gasteiger partial charge in [0.2, 0.25) is 0 Å². The van der Waals surface area contributed by atoms with Gasteiger partial charge in [-0.25, -0.2) is 4.79 Å². The molecule has 0 radical (unpaired) electrons. The molecule has 18 heavy (non-hydrogen) atoms. The van der Waals surface area contributed by atoms with Gasteiger partial charge in [0, 0.05) is 34.9 Å². The largest absolute Gasteiger partial charge is 0.480 e. The molecule has 2 N–H and O–H groups in total. The molecule has 0 aliphatic rings. The summed E-state index contributed by atoms with van der Waals surface area (Å²) in [6.45, 7) is 5.38. The van der Waals surface area contributed by atoms with Gasteiger partial charge in [-0.15, -0.1) is 0 Å². The molecule has 0 aromatic rings. The molecule has 2 amide bonds. The number of hydrogen-bond acceptors (Lipinski definition) is 3. The third-order valence-electron chi connectivity index (χ3n) is 2.23. The predicted octanol–water partition coefficient (Wildman–Crippen LogP) is 0.650. The van der Waals surface area contributed by atoms with Crippen molar-refractivity contribution in [2.24, 2.45) is 0 Å². The number of aliphatic carboxylic acids is 1. The summed E-state index contributed by atoms with van der Waals surface area (Å²) in [4.78, 5) is 23.8. The van der Waals surface area contributed by atoms with Crippen LogP contribution in [0.3, 0.4) is 0 Å². The molecule has 106 valence electrons. The van der Waals surface area contributed by atoms with E-state index in [1.165, 1.54) is 4.90 Å². The maximum atomic E-state index is 11.8. The molecule has 6 nitrogen and oxygen atoms in total. The average molecular weight is 278 g/mol. The smallest absolute Gasteiger partial charge is 0.323 e. The van der Waals surface area contributed by atoms with Gasteiger partial charge < -0.3 is 15.3 Å². The summed E-state index contributed by atoms with van der Waals surface area (Å²) < 4.78 is 10.8. The van der Waals surface area contributed by atoms with Crippen LogP contribution in [0.1, 0.15) is 27.2 Å². The molecule has 0 spiro atoms. The van der Waals surface area contributed by atoms with E-state index in [1.54, 1.807) is 27.0 Å². The number of carboxylic acid groups (broad SMARTS) is 1. The Labute approximate surface area is 110 Å². The molecule has 0 bridgehead atoms. The van der Waals surface area contributed by atoms with Gasteiger partial charge in [-0.3, -0.25) is 9.00 Å². The van der Waals surface area contributed by atoms with E-state index in [-0.39, 0.29) is 6.54 Å². The van der Waals surface area contributed by atoms with Crippen LogP contribution < -0.4 is 5.32 Å². The molecule has 0 rings (SSSR count). The maximum Gasteiger partial charge on any atom is 0.323 e. The first-order valence-electron chi connectivity index (χ1n) is 5.72. The van der Waals surface area contributed by atoms with E-state index in [1.807, 2.05) is 0 Å². The Morgan fingerprint density at radius 1 is 1.33 bits per heavy atom. The van der Waals surface area contributed by atoms with Crippen molar-refractivity contribution >= 4 is 22.8 Å². The van der Waals surface area contributed by atoms with Crippen LogP contribution in [-0.4, -0.2) is 56.9 Å². The van der Waals surface area contributed by atoms with Crippen molar-refractivity contribution in [3.05, 3.63) is 0 Å². The van der Waals surface area contributed by atoms with Crippen LogP contribution in [0.5, 0.6) is 0 Å². The van der Waals surface area contributed by atoms with Gasteiger partial charge in [-0.1, -0.05) is 0 Å². The van der Waals surface area contributed by atoms with Gasteiger partial charge in [0.1, 0.15) is 6.54 Å².